The van der Waals surface area contributed by atoms with Crippen LogP contribution in [-0.4, -0.2) is 54.0 Å². The first-order chi connectivity index (χ1) is 13.5. The SMILES string of the molecule is CCOC(=O)C(C)c1c2c(nc3ccccc13)CCN(C(=O)OCC)CC2=O. The van der Waals surface area contributed by atoms with E-state index in [4.69, 9.17) is 9.47 Å². The number of aromatic nitrogens is 1. The van der Waals surface area contributed by atoms with Crippen LogP contribution in [0.5, 0.6) is 0 Å². The van der Waals surface area contributed by atoms with Crippen molar-refractivity contribution in [1.82, 2.24) is 9.88 Å². The van der Waals surface area contributed by atoms with Gasteiger partial charge < -0.3 is 14.4 Å². The lowest BCUT2D eigenvalue weighted by molar-refractivity contribution is -0.144. The van der Waals surface area contributed by atoms with Gasteiger partial charge in [0.2, 0.25) is 0 Å². The second kappa shape index (κ2) is 8.37. The van der Waals surface area contributed by atoms with Crippen LogP contribution in [0.4, 0.5) is 4.79 Å². The quantitative estimate of drug-likeness (QED) is 0.753. The summed E-state index contributed by atoms with van der Waals surface area (Å²) in [6.07, 6.45) is -0.110. The van der Waals surface area contributed by atoms with E-state index in [0.29, 0.717) is 35.3 Å². The second-order valence-electron chi connectivity index (χ2n) is 6.63. The zero-order valence-corrected chi connectivity index (χ0v) is 16.4. The number of para-hydroxylation sites is 1. The van der Waals surface area contributed by atoms with Crippen molar-refractivity contribution in [2.24, 2.45) is 0 Å². The van der Waals surface area contributed by atoms with Crippen molar-refractivity contribution in [3.63, 3.8) is 0 Å². The summed E-state index contributed by atoms with van der Waals surface area (Å²) in [5, 5.41) is 0.750. The Morgan fingerprint density at radius 1 is 1.18 bits per heavy atom. The van der Waals surface area contributed by atoms with Crippen LogP contribution >= 0.6 is 0 Å². The topological polar surface area (TPSA) is 85.8 Å². The molecule has 0 aliphatic carbocycles. The fraction of sp³-hybridized carbons (Fsp3) is 0.429. The molecule has 7 nitrogen and oxygen atoms in total. The highest BCUT2D eigenvalue weighted by molar-refractivity contribution is 6.06. The number of amides is 1. The number of carbonyl (C=O) groups excluding carboxylic acids is 3. The summed E-state index contributed by atoms with van der Waals surface area (Å²) in [4.78, 5) is 43.8. The van der Waals surface area contributed by atoms with Gasteiger partial charge in [-0.15, -0.1) is 0 Å². The van der Waals surface area contributed by atoms with E-state index in [9.17, 15) is 14.4 Å². The van der Waals surface area contributed by atoms with Crippen LogP contribution in [0.15, 0.2) is 24.3 Å². The third-order valence-electron chi connectivity index (χ3n) is 4.84. The lowest BCUT2D eigenvalue weighted by atomic mass is 9.88. The molecule has 1 aromatic heterocycles. The summed E-state index contributed by atoms with van der Waals surface area (Å²) in [5.74, 6) is -1.26. The number of esters is 1. The van der Waals surface area contributed by atoms with Gasteiger partial charge in [-0.25, -0.2) is 4.79 Å². The predicted molar refractivity (Wildman–Crippen MR) is 103 cm³/mol. The van der Waals surface area contributed by atoms with Gasteiger partial charge >= 0.3 is 12.1 Å². The maximum Gasteiger partial charge on any atom is 0.410 e. The zero-order chi connectivity index (χ0) is 20.3. The fourth-order valence-corrected chi connectivity index (χ4v) is 3.56. The van der Waals surface area contributed by atoms with E-state index in [-0.39, 0.29) is 31.5 Å². The van der Waals surface area contributed by atoms with Gasteiger partial charge in [0.25, 0.3) is 0 Å². The number of Topliss-reactive ketones (excluding diaryl/α,β-unsaturated/α-hetero) is 1. The monoisotopic (exact) mass is 384 g/mol. The van der Waals surface area contributed by atoms with E-state index in [0.717, 1.165) is 5.39 Å². The first-order valence-electron chi connectivity index (χ1n) is 9.50. The summed E-state index contributed by atoms with van der Waals surface area (Å²) in [5.41, 5.74) is 2.35. The number of benzene rings is 1. The largest absolute Gasteiger partial charge is 0.466 e. The molecular weight excluding hydrogens is 360 g/mol. The van der Waals surface area contributed by atoms with Crippen LogP contribution in [0, 0.1) is 0 Å². The normalized spacial score (nSPS) is 15.0. The Hall–Kier alpha value is -2.96. The molecule has 0 spiro atoms. The minimum absolute atomic E-state index is 0.103. The van der Waals surface area contributed by atoms with Crippen molar-refractivity contribution >= 4 is 28.7 Å². The molecule has 0 saturated heterocycles. The van der Waals surface area contributed by atoms with Crippen molar-refractivity contribution in [3.05, 3.63) is 41.1 Å². The van der Waals surface area contributed by atoms with Crippen LogP contribution in [0.1, 0.15) is 48.3 Å². The van der Waals surface area contributed by atoms with E-state index >= 15 is 0 Å². The van der Waals surface area contributed by atoms with Crippen molar-refractivity contribution in [1.29, 1.82) is 0 Å². The lowest BCUT2D eigenvalue weighted by Crippen LogP contribution is -2.36. The van der Waals surface area contributed by atoms with E-state index in [1.807, 2.05) is 24.3 Å². The van der Waals surface area contributed by atoms with Gasteiger partial charge in [-0.2, -0.15) is 0 Å². The van der Waals surface area contributed by atoms with Crippen LogP contribution in [0.2, 0.25) is 0 Å². The molecule has 1 aromatic carbocycles. The maximum absolute atomic E-state index is 13.1. The number of rotatable bonds is 4. The van der Waals surface area contributed by atoms with Gasteiger partial charge in [-0.1, -0.05) is 18.2 Å². The molecule has 7 heteroatoms. The number of hydrogen-bond donors (Lipinski definition) is 0. The number of ether oxygens (including phenoxy) is 2. The van der Waals surface area contributed by atoms with Crippen LogP contribution in [0.25, 0.3) is 10.9 Å². The highest BCUT2D eigenvalue weighted by Gasteiger charge is 2.32. The molecule has 2 aromatic rings. The van der Waals surface area contributed by atoms with Gasteiger partial charge in [-0.05, 0) is 32.4 Å². The minimum atomic E-state index is -0.625. The first-order valence-corrected chi connectivity index (χ1v) is 9.50. The zero-order valence-electron chi connectivity index (χ0n) is 16.4. The lowest BCUT2D eigenvalue weighted by Gasteiger charge is -2.19. The fourth-order valence-electron chi connectivity index (χ4n) is 3.56. The van der Waals surface area contributed by atoms with Crippen LogP contribution < -0.4 is 0 Å². The molecule has 0 fully saturated rings. The smallest absolute Gasteiger partial charge is 0.410 e. The van der Waals surface area contributed by atoms with E-state index in [1.54, 1.807) is 20.8 Å². The molecule has 3 rings (SSSR count). The van der Waals surface area contributed by atoms with Crippen LogP contribution in [-0.2, 0) is 20.7 Å². The summed E-state index contributed by atoms with van der Waals surface area (Å²) in [7, 11) is 0. The molecule has 1 atom stereocenters. The molecule has 2 heterocycles. The third kappa shape index (κ3) is 3.69. The molecular formula is C21H24N2O5. The summed E-state index contributed by atoms with van der Waals surface area (Å²) in [6.45, 7) is 5.94. The summed E-state index contributed by atoms with van der Waals surface area (Å²) >= 11 is 0. The van der Waals surface area contributed by atoms with Crippen molar-refractivity contribution in [2.45, 2.75) is 33.1 Å². The standard InChI is InChI=1S/C21H24N2O5/c1-4-27-20(25)13(3)18-14-8-6-7-9-15(14)22-16-10-11-23(21(26)28-5-2)12-17(24)19(16)18/h6-9,13H,4-5,10-12H2,1-3H3. The minimum Gasteiger partial charge on any atom is -0.466 e. The Labute approximate surface area is 163 Å². The van der Waals surface area contributed by atoms with E-state index in [2.05, 4.69) is 4.98 Å². The number of nitrogens with zero attached hydrogens (tertiary/aromatic N) is 2. The molecule has 148 valence electrons. The van der Waals surface area contributed by atoms with E-state index < -0.39 is 12.0 Å². The van der Waals surface area contributed by atoms with Crippen LogP contribution in [0.3, 0.4) is 0 Å². The predicted octanol–water partition coefficient (Wildman–Crippen LogP) is 3.10. The summed E-state index contributed by atoms with van der Waals surface area (Å²) in [6, 6.07) is 7.43. The highest BCUT2D eigenvalue weighted by atomic mass is 16.6. The average molecular weight is 384 g/mol. The number of carbonyl (C=O) groups is 3. The van der Waals surface area contributed by atoms with Gasteiger partial charge in [0, 0.05) is 23.9 Å². The van der Waals surface area contributed by atoms with Gasteiger partial charge in [0.05, 0.1) is 36.9 Å². The Bertz CT molecular complexity index is 924. The molecule has 0 saturated carbocycles. The van der Waals surface area contributed by atoms with Crippen molar-refractivity contribution in [2.75, 3.05) is 26.3 Å². The molecule has 1 unspecified atom stereocenters. The van der Waals surface area contributed by atoms with Gasteiger partial charge in [0.15, 0.2) is 5.78 Å². The van der Waals surface area contributed by atoms with Crippen molar-refractivity contribution in [3.8, 4) is 0 Å². The molecule has 1 amide bonds. The third-order valence-corrected chi connectivity index (χ3v) is 4.84. The Morgan fingerprint density at radius 2 is 1.89 bits per heavy atom. The molecule has 0 N–H and O–H groups in total. The highest BCUT2D eigenvalue weighted by Crippen LogP contribution is 2.33. The maximum atomic E-state index is 13.1. The first kappa shape index (κ1) is 19.8. The Morgan fingerprint density at radius 3 is 2.61 bits per heavy atom. The second-order valence-corrected chi connectivity index (χ2v) is 6.63. The molecule has 0 radical (unpaired) electrons. The van der Waals surface area contributed by atoms with E-state index in [1.165, 1.54) is 4.90 Å². The number of hydrogen-bond acceptors (Lipinski definition) is 6. The molecule has 28 heavy (non-hydrogen) atoms. The van der Waals surface area contributed by atoms with Gasteiger partial charge in [0.1, 0.15) is 0 Å². The number of fused-ring (bicyclic) bond motifs is 2. The van der Waals surface area contributed by atoms with Crippen molar-refractivity contribution < 1.29 is 23.9 Å². The molecule has 1 aliphatic rings. The average Bonchev–Trinajstić information content (AvgIpc) is 2.85. The molecule has 1 aliphatic heterocycles. The van der Waals surface area contributed by atoms with Gasteiger partial charge in [-0.3, -0.25) is 14.6 Å². The Balaban J connectivity index is 2.13. The number of pyridine rings is 1. The molecule has 0 bridgehead atoms. The number of ketones is 1. The Kier molecular flexibility index (Phi) is 5.92. The summed E-state index contributed by atoms with van der Waals surface area (Å²) < 4.78 is 10.3.